The molecule has 0 spiro atoms. The standard InChI is InChI=1S/C14H20N2O3/c1-9-4-3-7-15-13(9)14(18)16-10-5-6-12(19-2)11(17)8-10/h5-6,8-9,13,15,17H,3-4,7H2,1-2H3,(H,16,18). The predicted octanol–water partition coefficient (Wildman–Crippen LogP) is 1.73. The highest BCUT2D eigenvalue weighted by atomic mass is 16.5. The van der Waals surface area contributed by atoms with Crippen molar-refractivity contribution in [3.63, 3.8) is 0 Å². The summed E-state index contributed by atoms with van der Waals surface area (Å²) in [5, 5.41) is 15.7. The molecule has 5 nitrogen and oxygen atoms in total. The van der Waals surface area contributed by atoms with Crippen molar-refractivity contribution in [2.45, 2.75) is 25.8 Å². The van der Waals surface area contributed by atoms with Crippen LogP contribution in [0.3, 0.4) is 0 Å². The van der Waals surface area contributed by atoms with E-state index in [4.69, 9.17) is 4.74 Å². The smallest absolute Gasteiger partial charge is 0.241 e. The van der Waals surface area contributed by atoms with Crippen molar-refractivity contribution < 1.29 is 14.6 Å². The van der Waals surface area contributed by atoms with Gasteiger partial charge in [0.2, 0.25) is 5.91 Å². The Morgan fingerprint density at radius 2 is 2.32 bits per heavy atom. The van der Waals surface area contributed by atoms with E-state index in [-0.39, 0.29) is 17.7 Å². The van der Waals surface area contributed by atoms with Crippen molar-refractivity contribution in [3.05, 3.63) is 18.2 Å². The zero-order valence-electron chi connectivity index (χ0n) is 11.3. The van der Waals surface area contributed by atoms with Gasteiger partial charge in [-0.1, -0.05) is 6.92 Å². The van der Waals surface area contributed by atoms with Gasteiger partial charge in [-0.15, -0.1) is 0 Å². The summed E-state index contributed by atoms with van der Waals surface area (Å²) in [6.07, 6.45) is 2.16. The van der Waals surface area contributed by atoms with Crippen molar-refractivity contribution in [2.75, 3.05) is 19.0 Å². The number of nitrogens with one attached hydrogen (secondary N) is 2. The normalized spacial score (nSPS) is 22.8. The molecule has 1 aromatic rings. The molecule has 3 N–H and O–H groups in total. The molecule has 0 saturated carbocycles. The number of rotatable bonds is 3. The molecule has 1 aromatic carbocycles. The molecule has 2 unspecified atom stereocenters. The lowest BCUT2D eigenvalue weighted by Gasteiger charge is -2.28. The number of ether oxygens (including phenoxy) is 1. The van der Waals surface area contributed by atoms with Gasteiger partial charge in [-0.25, -0.2) is 0 Å². The third kappa shape index (κ3) is 3.17. The third-order valence-corrected chi connectivity index (χ3v) is 3.50. The highest BCUT2D eigenvalue weighted by molar-refractivity contribution is 5.95. The van der Waals surface area contributed by atoms with Crippen LogP contribution >= 0.6 is 0 Å². The number of hydrogen-bond donors (Lipinski definition) is 3. The minimum atomic E-state index is -0.169. The number of anilines is 1. The number of carbonyl (C=O) groups is 1. The quantitative estimate of drug-likeness (QED) is 0.777. The number of phenols is 1. The van der Waals surface area contributed by atoms with Crippen LogP contribution in [0.25, 0.3) is 0 Å². The van der Waals surface area contributed by atoms with E-state index < -0.39 is 0 Å². The van der Waals surface area contributed by atoms with Crippen LogP contribution in [0.2, 0.25) is 0 Å². The van der Waals surface area contributed by atoms with E-state index in [1.807, 2.05) is 0 Å². The summed E-state index contributed by atoms with van der Waals surface area (Å²) in [4.78, 5) is 12.2. The number of phenolic OH excluding ortho intramolecular Hbond substituents is 1. The fourth-order valence-electron chi connectivity index (χ4n) is 2.39. The van der Waals surface area contributed by atoms with Crippen molar-refractivity contribution in [2.24, 2.45) is 5.92 Å². The fourth-order valence-corrected chi connectivity index (χ4v) is 2.39. The van der Waals surface area contributed by atoms with Gasteiger partial charge < -0.3 is 20.5 Å². The van der Waals surface area contributed by atoms with Crippen LogP contribution in [0.4, 0.5) is 5.69 Å². The van der Waals surface area contributed by atoms with Crippen LogP contribution in [0.1, 0.15) is 19.8 Å². The number of aromatic hydroxyl groups is 1. The maximum atomic E-state index is 12.2. The summed E-state index contributed by atoms with van der Waals surface area (Å²) >= 11 is 0. The Hall–Kier alpha value is -1.75. The summed E-state index contributed by atoms with van der Waals surface area (Å²) in [7, 11) is 1.49. The van der Waals surface area contributed by atoms with Crippen molar-refractivity contribution in [3.8, 4) is 11.5 Å². The monoisotopic (exact) mass is 264 g/mol. The Morgan fingerprint density at radius 1 is 1.53 bits per heavy atom. The molecule has 1 heterocycles. The van der Waals surface area contributed by atoms with E-state index in [1.54, 1.807) is 12.1 Å². The summed E-state index contributed by atoms with van der Waals surface area (Å²) in [6.45, 7) is 2.94. The highest BCUT2D eigenvalue weighted by Crippen LogP contribution is 2.28. The maximum Gasteiger partial charge on any atom is 0.241 e. The second-order valence-corrected chi connectivity index (χ2v) is 4.93. The van der Waals surface area contributed by atoms with E-state index in [0.29, 0.717) is 17.4 Å². The zero-order valence-corrected chi connectivity index (χ0v) is 11.3. The minimum Gasteiger partial charge on any atom is -0.504 e. The van der Waals surface area contributed by atoms with Crippen LogP contribution in [-0.4, -0.2) is 30.7 Å². The van der Waals surface area contributed by atoms with Crippen molar-refractivity contribution >= 4 is 11.6 Å². The summed E-state index contributed by atoms with van der Waals surface area (Å²) in [5.74, 6) is 0.671. The van der Waals surface area contributed by atoms with Crippen LogP contribution in [0, 0.1) is 5.92 Å². The van der Waals surface area contributed by atoms with E-state index in [0.717, 1.165) is 19.4 Å². The van der Waals surface area contributed by atoms with Gasteiger partial charge in [-0.2, -0.15) is 0 Å². The fraction of sp³-hybridized carbons (Fsp3) is 0.500. The van der Waals surface area contributed by atoms with Crippen molar-refractivity contribution in [1.29, 1.82) is 0 Å². The molecule has 0 aliphatic carbocycles. The average Bonchev–Trinajstić information content (AvgIpc) is 2.39. The SMILES string of the molecule is COc1ccc(NC(=O)C2NCCCC2C)cc1O. The lowest BCUT2D eigenvalue weighted by Crippen LogP contribution is -2.48. The first-order valence-corrected chi connectivity index (χ1v) is 6.53. The maximum absolute atomic E-state index is 12.2. The minimum absolute atomic E-state index is 0.0185. The average molecular weight is 264 g/mol. The lowest BCUT2D eigenvalue weighted by molar-refractivity contribution is -0.119. The second-order valence-electron chi connectivity index (χ2n) is 4.93. The van der Waals surface area contributed by atoms with Gasteiger partial charge in [0.15, 0.2) is 11.5 Å². The van der Waals surface area contributed by atoms with Crippen LogP contribution in [0.15, 0.2) is 18.2 Å². The number of amides is 1. The van der Waals surface area contributed by atoms with Crippen molar-refractivity contribution in [1.82, 2.24) is 5.32 Å². The molecule has 1 amide bonds. The van der Waals surface area contributed by atoms with Gasteiger partial charge in [0, 0.05) is 11.8 Å². The molecule has 19 heavy (non-hydrogen) atoms. The van der Waals surface area contributed by atoms with E-state index >= 15 is 0 Å². The number of benzene rings is 1. The molecular formula is C14H20N2O3. The van der Waals surface area contributed by atoms with Gasteiger partial charge in [0.25, 0.3) is 0 Å². The zero-order chi connectivity index (χ0) is 13.8. The molecule has 2 atom stereocenters. The Bertz CT molecular complexity index is 462. The molecule has 5 heteroatoms. The Kier molecular flexibility index (Phi) is 4.27. The number of piperidine rings is 1. The molecule has 0 bridgehead atoms. The van der Waals surface area contributed by atoms with Gasteiger partial charge >= 0.3 is 0 Å². The molecule has 1 aliphatic heterocycles. The van der Waals surface area contributed by atoms with Crippen LogP contribution < -0.4 is 15.4 Å². The molecule has 1 aliphatic rings. The summed E-state index contributed by atoms with van der Waals surface area (Å²) in [6, 6.07) is 4.66. The summed E-state index contributed by atoms with van der Waals surface area (Å²) in [5.41, 5.74) is 0.572. The molecule has 104 valence electrons. The first-order valence-electron chi connectivity index (χ1n) is 6.53. The molecule has 1 fully saturated rings. The molecular weight excluding hydrogens is 244 g/mol. The van der Waals surface area contributed by atoms with Gasteiger partial charge in [-0.3, -0.25) is 4.79 Å². The van der Waals surface area contributed by atoms with Crippen LogP contribution in [0.5, 0.6) is 11.5 Å². The number of carbonyl (C=O) groups excluding carboxylic acids is 1. The molecule has 0 aromatic heterocycles. The molecule has 2 rings (SSSR count). The first-order chi connectivity index (χ1) is 9.11. The summed E-state index contributed by atoms with van der Waals surface area (Å²) < 4.78 is 4.96. The number of methoxy groups -OCH3 is 1. The largest absolute Gasteiger partial charge is 0.504 e. The van der Waals surface area contributed by atoms with E-state index in [2.05, 4.69) is 17.6 Å². The van der Waals surface area contributed by atoms with Crippen LogP contribution in [-0.2, 0) is 4.79 Å². The van der Waals surface area contributed by atoms with E-state index in [9.17, 15) is 9.90 Å². The molecule has 1 saturated heterocycles. The number of hydrogen-bond acceptors (Lipinski definition) is 4. The van der Waals surface area contributed by atoms with Gasteiger partial charge in [0.1, 0.15) is 0 Å². The lowest BCUT2D eigenvalue weighted by atomic mass is 9.92. The van der Waals surface area contributed by atoms with Gasteiger partial charge in [-0.05, 0) is 37.4 Å². The Morgan fingerprint density at radius 3 is 2.95 bits per heavy atom. The van der Waals surface area contributed by atoms with E-state index in [1.165, 1.54) is 13.2 Å². The first kappa shape index (κ1) is 13.7. The van der Waals surface area contributed by atoms with Gasteiger partial charge in [0.05, 0.1) is 13.2 Å². The third-order valence-electron chi connectivity index (χ3n) is 3.50. The Labute approximate surface area is 113 Å². The second kappa shape index (κ2) is 5.93. The topological polar surface area (TPSA) is 70.6 Å². The Balaban J connectivity index is 2.04. The molecule has 0 radical (unpaired) electrons. The highest BCUT2D eigenvalue weighted by Gasteiger charge is 2.27. The predicted molar refractivity (Wildman–Crippen MR) is 73.5 cm³/mol.